The van der Waals surface area contributed by atoms with Crippen molar-refractivity contribution in [2.24, 2.45) is 5.92 Å². The van der Waals surface area contributed by atoms with Gasteiger partial charge in [-0.05, 0) is 30.5 Å². The van der Waals surface area contributed by atoms with Crippen LogP contribution in [-0.2, 0) is 24.3 Å². The number of nitrogens with one attached hydrogen (secondary N) is 1. The van der Waals surface area contributed by atoms with Gasteiger partial charge in [-0.3, -0.25) is 9.69 Å². The SMILES string of the molecule is O=C(Nc1nc2c(s1)CN(Cc1ccc(Cl)cc1Cl)CC2)C1CCC1. The van der Waals surface area contributed by atoms with Crippen molar-refractivity contribution in [1.29, 1.82) is 0 Å². The van der Waals surface area contributed by atoms with E-state index >= 15 is 0 Å². The number of anilines is 1. The average Bonchev–Trinajstić information content (AvgIpc) is 2.89. The first-order chi connectivity index (χ1) is 12.1. The van der Waals surface area contributed by atoms with Gasteiger partial charge < -0.3 is 5.32 Å². The van der Waals surface area contributed by atoms with Gasteiger partial charge in [0.15, 0.2) is 5.13 Å². The molecule has 1 N–H and O–H groups in total. The molecular weight excluding hydrogens is 377 g/mol. The zero-order valence-corrected chi connectivity index (χ0v) is 16.1. The Hall–Kier alpha value is -1.14. The highest BCUT2D eigenvalue weighted by Gasteiger charge is 2.27. The number of rotatable bonds is 4. The van der Waals surface area contributed by atoms with Gasteiger partial charge in [-0.15, -0.1) is 11.3 Å². The van der Waals surface area contributed by atoms with Crippen LogP contribution < -0.4 is 5.32 Å². The molecule has 132 valence electrons. The maximum Gasteiger partial charge on any atom is 0.229 e. The molecule has 0 bridgehead atoms. The van der Waals surface area contributed by atoms with Gasteiger partial charge in [-0.2, -0.15) is 0 Å². The number of nitrogens with zero attached hydrogens (tertiary/aromatic N) is 2. The number of benzene rings is 1. The molecule has 1 aromatic carbocycles. The normalized spacial score (nSPS) is 17.8. The molecule has 1 amide bonds. The Morgan fingerprint density at radius 2 is 2.20 bits per heavy atom. The number of hydrogen-bond donors (Lipinski definition) is 1. The summed E-state index contributed by atoms with van der Waals surface area (Å²) in [7, 11) is 0. The third kappa shape index (κ3) is 3.85. The fourth-order valence-corrected chi connectivity index (χ4v) is 4.73. The summed E-state index contributed by atoms with van der Waals surface area (Å²) in [5.74, 6) is 0.312. The molecule has 2 aromatic rings. The van der Waals surface area contributed by atoms with E-state index in [1.807, 2.05) is 12.1 Å². The molecular formula is C18H19Cl2N3OS. The van der Waals surface area contributed by atoms with Crippen molar-refractivity contribution in [2.45, 2.75) is 38.8 Å². The van der Waals surface area contributed by atoms with Gasteiger partial charge in [0.05, 0.1) is 5.69 Å². The molecule has 2 aliphatic rings. The highest BCUT2D eigenvalue weighted by Crippen LogP contribution is 2.32. The Balaban J connectivity index is 1.41. The van der Waals surface area contributed by atoms with E-state index in [4.69, 9.17) is 23.2 Å². The number of thiazole rings is 1. The summed E-state index contributed by atoms with van der Waals surface area (Å²) in [5, 5.41) is 5.10. The van der Waals surface area contributed by atoms with Crippen molar-refractivity contribution in [1.82, 2.24) is 9.88 Å². The lowest BCUT2D eigenvalue weighted by atomic mass is 9.85. The van der Waals surface area contributed by atoms with Gasteiger partial charge >= 0.3 is 0 Å². The predicted molar refractivity (Wildman–Crippen MR) is 102 cm³/mol. The number of amides is 1. The molecule has 1 aromatic heterocycles. The number of fused-ring (bicyclic) bond motifs is 1. The van der Waals surface area contributed by atoms with E-state index in [0.717, 1.165) is 61.7 Å². The van der Waals surface area contributed by atoms with Gasteiger partial charge in [0.25, 0.3) is 0 Å². The molecule has 7 heteroatoms. The minimum Gasteiger partial charge on any atom is -0.302 e. The van der Waals surface area contributed by atoms with Crippen LogP contribution in [0.4, 0.5) is 5.13 Å². The maximum atomic E-state index is 12.1. The van der Waals surface area contributed by atoms with Gasteiger partial charge in [-0.1, -0.05) is 35.7 Å². The van der Waals surface area contributed by atoms with E-state index < -0.39 is 0 Å². The second-order valence-corrected chi connectivity index (χ2v) is 8.63. The average molecular weight is 396 g/mol. The number of halogens is 2. The monoisotopic (exact) mass is 395 g/mol. The second-order valence-electron chi connectivity index (χ2n) is 6.70. The number of carbonyl (C=O) groups is 1. The lowest BCUT2D eigenvalue weighted by Crippen LogP contribution is -2.29. The van der Waals surface area contributed by atoms with E-state index in [2.05, 4.69) is 15.2 Å². The molecule has 0 unspecified atom stereocenters. The summed E-state index contributed by atoms with van der Waals surface area (Å²) in [4.78, 5) is 20.3. The van der Waals surface area contributed by atoms with Crippen LogP contribution in [0.2, 0.25) is 10.0 Å². The van der Waals surface area contributed by atoms with Crippen LogP contribution in [-0.4, -0.2) is 22.3 Å². The smallest absolute Gasteiger partial charge is 0.229 e. The largest absolute Gasteiger partial charge is 0.302 e. The highest BCUT2D eigenvalue weighted by molar-refractivity contribution is 7.15. The van der Waals surface area contributed by atoms with Crippen molar-refractivity contribution >= 4 is 45.6 Å². The topological polar surface area (TPSA) is 45.2 Å². The molecule has 1 saturated carbocycles. The maximum absolute atomic E-state index is 12.1. The molecule has 25 heavy (non-hydrogen) atoms. The Morgan fingerprint density at radius 3 is 2.92 bits per heavy atom. The third-order valence-corrected chi connectivity index (χ3v) is 6.51. The van der Waals surface area contributed by atoms with E-state index in [0.29, 0.717) is 10.0 Å². The zero-order chi connectivity index (χ0) is 17.4. The lowest BCUT2D eigenvalue weighted by Gasteiger charge is -2.26. The molecule has 1 aliphatic carbocycles. The minimum absolute atomic E-state index is 0.127. The van der Waals surface area contributed by atoms with Crippen molar-refractivity contribution in [3.63, 3.8) is 0 Å². The van der Waals surface area contributed by atoms with Gasteiger partial charge in [0, 0.05) is 46.9 Å². The third-order valence-electron chi connectivity index (χ3n) is 4.93. The first-order valence-corrected chi connectivity index (χ1v) is 10.1. The fraction of sp³-hybridized carbons (Fsp3) is 0.444. The molecule has 1 aliphatic heterocycles. The second kappa shape index (κ2) is 7.23. The Labute approximate surface area is 161 Å². The van der Waals surface area contributed by atoms with Crippen molar-refractivity contribution in [2.75, 3.05) is 11.9 Å². The van der Waals surface area contributed by atoms with Crippen LogP contribution in [0.1, 0.15) is 35.4 Å². The molecule has 0 radical (unpaired) electrons. The van der Waals surface area contributed by atoms with Crippen molar-refractivity contribution in [3.8, 4) is 0 Å². The van der Waals surface area contributed by atoms with Gasteiger partial charge in [0.2, 0.25) is 5.91 Å². The molecule has 1 fully saturated rings. The quantitative estimate of drug-likeness (QED) is 0.812. The first-order valence-electron chi connectivity index (χ1n) is 8.54. The molecule has 0 atom stereocenters. The zero-order valence-electron chi connectivity index (χ0n) is 13.7. The van der Waals surface area contributed by atoms with Gasteiger partial charge in [-0.25, -0.2) is 4.98 Å². The summed E-state index contributed by atoms with van der Waals surface area (Å²) >= 11 is 13.9. The summed E-state index contributed by atoms with van der Waals surface area (Å²) in [6.07, 6.45) is 4.07. The Bertz CT molecular complexity index is 804. The Morgan fingerprint density at radius 1 is 1.36 bits per heavy atom. The molecule has 0 spiro atoms. The number of aromatic nitrogens is 1. The fourth-order valence-electron chi connectivity index (χ4n) is 3.21. The van der Waals surface area contributed by atoms with Crippen LogP contribution in [0.25, 0.3) is 0 Å². The van der Waals surface area contributed by atoms with Crippen LogP contribution in [0, 0.1) is 5.92 Å². The predicted octanol–water partition coefficient (Wildman–Crippen LogP) is 4.75. The molecule has 4 nitrogen and oxygen atoms in total. The highest BCUT2D eigenvalue weighted by atomic mass is 35.5. The molecule has 2 heterocycles. The lowest BCUT2D eigenvalue weighted by molar-refractivity contribution is -0.122. The van der Waals surface area contributed by atoms with E-state index in [1.165, 1.54) is 4.88 Å². The van der Waals surface area contributed by atoms with E-state index in [1.54, 1.807) is 17.4 Å². The molecule has 0 saturated heterocycles. The van der Waals surface area contributed by atoms with Crippen molar-refractivity contribution < 1.29 is 4.79 Å². The first kappa shape index (κ1) is 17.3. The van der Waals surface area contributed by atoms with Gasteiger partial charge in [0.1, 0.15) is 0 Å². The minimum atomic E-state index is 0.127. The van der Waals surface area contributed by atoms with E-state index in [9.17, 15) is 4.79 Å². The number of carbonyl (C=O) groups excluding carboxylic acids is 1. The summed E-state index contributed by atoms with van der Waals surface area (Å²) in [6.45, 7) is 2.56. The Kier molecular flexibility index (Phi) is 5.00. The van der Waals surface area contributed by atoms with E-state index in [-0.39, 0.29) is 11.8 Å². The van der Waals surface area contributed by atoms with Crippen LogP contribution in [0.3, 0.4) is 0 Å². The summed E-state index contributed by atoms with van der Waals surface area (Å²) in [5.41, 5.74) is 2.20. The standard InChI is InChI=1S/C18H19Cl2N3OS/c19-13-5-4-12(14(20)8-13)9-23-7-6-15-16(10-23)25-18(21-15)22-17(24)11-2-1-3-11/h4-5,8,11H,1-3,6-7,9-10H2,(H,21,22,24). The van der Waals surface area contributed by atoms with Crippen LogP contribution >= 0.6 is 34.5 Å². The number of hydrogen-bond acceptors (Lipinski definition) is 4. The summed E-state index contributed by atoms with van der Waals surface area (Å²) in [6, 6.07) is 5.64. The molecule has 4 rings (SSSR count). The van der Waals surface area contributed by atoms with Crippen LogP contribution in [0.5, 0.6) is 0 Å². The summed E-state index contributed by atoms with van der Waals surface area (Å²) < 4.78 is 0. The van der Waals surface area contributed by atoms with Crippen LogP contribution in [0.15, 0.2) is 18.2 Å². The van der Waals surface area contributed by atoms with Crippen molar-refractivity contribution in [3.05, 3.63) is 44.4 Å².